The zero-order valence-electron chi connectivity index (χ0n) is 20.1. The van der Waals surface area contributed by atoms with Gasteiger partial charge in [0.05, 0.1) is 23.1 Å². The minimum atomic E-state index is -4.02. The van der Waals surface area contributed by atoms with Crippen molar-refractivity contribution in [3.8, 4) is 0 Å². The predicted molar refractivity (Wildman–Crippen MR) is 133 cm³/mol. The average Bonchev–Trinajstić information content (AvgIpc) is 3.16. The van der Waals surface area contributed by atoms with Gasteiger partial charge in [0.25, 0.3) is 10.0 Å². The van der Waals surface area contributed by atoms with E-state index in [9.17, 15) is 13.2 Å². The van der Waals surface area contributed by atoms with Gasteiger partial charge in [-0.3, -0.25) is 14.2 Å². The standard InChI is InChI=1S/C26H32N4O3S/c1-17(2)20-12-14-22(15-13-20)30(34(32,33)26-18(3)28-29-19(26)4)16-25(31)27-24-11-7-9-21-8-5-6-10-23(21)24/h5-6,8,10,12-15,17,24H,7,9,11,16H2,1-4H3,(H,27,31)(H,28,29)/t24-/m1/s1. The molecule has 0 spiro atoms. The molecule has 3 aromatic rings. The van der Waals surface area contributed by atoms with Crippen LogP contribution in [0, 0.1) is 13.8 Å². The summed E-state index contributed by atoms with van der Waals surface area (Å²) in [5.74, 6) is -0.0239. The number of fused-ring (bicyclic) bond motifs is 1. The molecule has 1 heterocycles. The maximum absolute atomic E-state index is 13.8. The van der Waals surface area contributed by atoms with Gasteiger partial charge in [0.2, 0.25) is 5.91 Å². The molecular weight excluding hydrogens is 448 g/mol. The van der Waals surface area contributed by atoms with Crippen LogP contribution in [-0.4, -0.2) is 31.1 Å². The Hall–Kier alpha value is -3.13. The molecule has 34 heavy (non-hydrogen) atoms. The molecule has 2 aromatic carbocycles. The lowest BCUT2D eigenvalue weighted by molar-refractivity contribution is -0.120. The number of nitrogens with zero attached hydrogens (tertiary/aromatic N) is 2. The topological polar surface area (TPSA) is 95.2 Å². The molecule has 7 nitrogen and oxygen atoms in total. The summed E-state index contributed by atoms with van der Waals surface area (Å²) in [5.41, 5.74) is 4.71. The van der Waals surface area contributed by atoms with Crippen LogP contribution in [0.1, 0.15) is 66.7 Å². The third-order valence-corrected chi connectivity index (χ3v) is 8.49. The van der Waals surface area contributed by atoms with Gasteiger partial charge in [0, 0.05) is 0 Å². The summed E-state index contributed by atoms with van der Waals surface area (Å²) in [6.07, 6.45) is 2.80. The van der Waals surface area contributed by atoms with Crippen molar-refractivity contribution in [1.29, 1.82) is 0 Å². The summed E-state index contributed by atoms with van der Waals surface area (Å²) in [6, 6.07) is 15.3. The second-order valence-corrected chi connectivity index (χ2v) is 11.0. The fourth-order valence-corrected chi connectivity index (χ4v) is 6.40. The fraction of sp³-hybridized carbons (Fsp3) is 0.385. The van der Waals surface area contributed by atoms with Crippen molar-refractivity contribution in [2.75, 3.05) is 10.8 Å². The Balaban J connectivity index is 1.66. The average molecular weight is 481 g/mol. The molecule has 1 amide bonds. The molecule has 1 aliphatic rings. The van der Waals surface area contributed by atoms with Gasteiger partial charge >= 0.3 is 0 Å². The van der Waals surface area contributed by atoms with Gasteiger partial charge < -0.3 is 5.32 Å². The highest BCUT2D eigenvalue weighted by Gasteiger charge is 2.32. The Morgan fingerprint density at radius 2 is 1.85 bits per heavy atom. The lowest BCUT2D eigenvalue weighted by Crippen LogP contribution is -2.42. The van der Waals surface area contributed by atoms with Gasteiger partial charge in [0.15, 0.2) is 0 Å². The van der Waals surface area contributed by atoms with Gasteiger partial charge in [-0.15, -0.1) is 0 Å². The maximum Gasteiger partial charge on any atom is 0.268 e. The Morgan fingerprint density at radius 1 is 1.15 bits per heavy atom. The van der Waals surface area contributed by atoms with Gasteiger partial charge in [-0.1, -0.05) is 50.2 Å². The minimum Gasteiger partial charge on any atom is -0.348 e. The Kier molecular flexibility index (Phi) is 6.79. The third kappa shape index (κ3) is 4.73. The number of H-pyrrole nitrogens is 1. The number of hydrogen-bond acceptors (Lipinski definition) is 4. The van der Waals surface area contributed by atoms with E-state index in [2.05, 4.69) is 35.4 Å². The van der Waals surface area contributed by atoms with Gasteiger partial charge in [-0.25, -0.2) is 8.42 Å². The minimum absolute atomic E-state index is 0.108. The number of anilines is 1. The van der Waals surface area contributed by atoms with E-state index < -0.39 is 10.0 Å². The van der Waals surface area contributed by atoms with Crippen LogP contribution in [0.2, 0.25) is 0 Å². The lowest BCUT2D eigenvalue weighted by atomic mass is 9.88. The van der Waals surface area contributed by atoms with Crippen LogP contribution in [-0.2, 0) is 21.2 Å². The summed E-state index contributed by atoms with van der Waals surface area (Å²) >= 11 is 0. The van der Waals surface area contributed by atoms with Gasteiger partial charge in [0.1, 0.15) is 11.4 Å². The number of aromatic amines is 1. The van der Waals surface area contributed by atoms with Crippen LogP contribution >= 0.6 is 0 Å². The summed E-state index contributed by atoms with van der Waals surface area (Å²) in [7, 11) is -4.02. The first-order chi connectivity index (χ1) is 16.2. The van der Waals surface area contributed by atoms with E-state index in [0.717, 1.165) is 30.4 Å². The number of amides is 1. The van der Waals surface area contributed by atoms with Crippen LogP contribution < -0.4 is 9.62 Å². The molecule has 4 rings (SSSR count). The normalized spacial score (nSPS) is 15.7. The molecular formula is C26H32N4O3S. The highest BCUT2D eigenvalue weighted by atomic mass is 32.2. The SMILES string of the molecule is Cc1n[nH]c(C)c1S(=O)(=O)N(CC(=O)N[C@@H]1CCCc2ccccc21)c1ccc(C(C)C)cc1. The van der Waals surface area contributed by atoms with Gasteiger partial charge in [-0.2, -0.15) is 5.10 Å². The van der Waals surface area contributed by atoms with E-state index in [0.29, 0.717) is 23.0 Å². The zero-order valence-corrected chi connectivity index (χ0v) is 20.9. The number of aryl methyl sites for hydroxylation is 3. The van der Waals surface area contributed by atoms with Crippen LogP contribution in [0.15, 0.2) is 53.4 Å². The molecule has 0 saturated carbocycles. The lowest BCUT2D eigenvalue weighted by Gasteiger charge is -2.29. The fourth-order valence-electron chi connectivity index (χ4n) is 4.65. The molecule has 0 radical (unpaired) electrons. The number of benzene rings is 2. The van der Waals surface area contributed by atoms with Crippen molar-refractivity contribution in [2.24, 2.45) is 0 Å². The molecule has 0 aliphatic heterocycles. The molecule has 0 saturated heterocycles. The Morgan fingerprint density at radius 3 is 2.50 bits per heavy atom. The number of nitrogens with one attached hydrogen (secondary N) is 2. The maximum atomic E-state index is 13.8. The van der Waals surface area contributed by atoms with Crippen molar-refractivity contribution in [3.05, 3.63) is 76.6 Å². The van der Waals surface area contributed by atoms with Crippen molar-refractivity contribution < 1.29 is 13.2 Å². The molecule has 180 valence electrons. The van der Waals surface area contributed by atoms with Crippen LogP contribution in [0.25, 0.3) is 0 Å². The Labute approximate surface area is 201 Å². The Bertz CT molecular complexity index is 1260. The number of aromatic nitrogens is 2. The smallest absolute Gasteiger partial charge is 0.268 e. The van der Waals surface area contributed by atoms with E-state index in [1.54, 1.807) is 26.0 Å². The van der Waals surface area contributed by atoms with Crippen LogP contribution in [0.5, 0.6) is 0 Å². The van der Waals surface area contributed by atoms with Crippen molar-refractivity contribution in [3.63, 3.8) is 0 Å². The van der Waals surface area contributed by atoms with Crippen LogP contribution in [0.3, 0.4) is 0 Å². The molecule has 8 heteroatoms. The van der Waals surface area contributed by atoms with Crippen molar-refractivity contribution in [2.45, 2.75) is 63.8 Å². The van der Waals surface area contributed by atoms with Crippen LogP contribution in [0.4, 0.5) is 5.69 Å². The number of carbonyl (C=O) groups excluding carboxylic acids is 1. The molecule has 0 unspecified atom stereocenters. The van der Waals surface area contributed by atoms with E-state index in [1.807, 2.05) is 30.3 Å². The van der Waals surface area contributed by atoms with E-state index in [4.69, 9.17) is 0 Å². The quantitative estimate of drug-likeness (QED) is 0.519. The largest absolute Gasteiger partial charge is 0.348 e. The van der Waals surface area contributed by atoms with E-state index in [-0.39, 0.29) is 23.4 Å². The summed E-state index contributed by atoms with van der Waals surface area (Å²) < 4.78 is 28.7. The number of carbonyl (C=O) groups is 1. The first-order valence-electron chi connectivity index (χ1n) is 11.7. The highest BCUT2D eigenvalue weighted by molar-refractivity contribution is 7.93. The zero-order chi connectivity index (χ0) is 24.5. The molecule has 0 fully saturated rings. The number of rotatable bonds is 7. The second kappa shape index (κ2) is 9.62. The summed E-state index contributed by atoms with van der Waals surface area (Å²) in [6.45, 7) is 7.17. The molecule has 1 aliphatic carbocycles. The number of sulfonamides is 1. The van der Waals surface area contributed by atoms with Gasteiger partial charge in [-0.05, 0) is 67.9 Å². The molecule has 2 N–H and O–H groups in total. The highest BCUT2D eigenvalue weighted by Crippen LogP contribution is 2.31. The molecule has 1 aromatic heterocycles. The summed E-state index contributed by atoms with van der Waals surface area (Å²) in [5, 5.41) is 9.89. The molecule has 1 atom stereocenters. The van der Waals surface area contributed by atoms with Crippen molar-refractivity contribution >= 4 is 21.6 Å². The van der Waals surface area contributed by atoms with E-state index in [1.165, 1.54) is 9.87 Å². The predicted octanol–water partition coefficient (Wildman–Crippen LogP) is 4.54. The monoisotopic (exact) mass is 480 g/mol. The van der Waals surface area contributed by atoms with E-state index >= 15 is 0 Å². The van der Waals surface area contributed by atoms with Crippen molar-refractivity contribution in [1.82, 2.24) is 15.5 Å². The summed E-state index contributed by atoms with van der Waals surface area (Å²) in [4.78, 5) is 13.3. The third-order valence-electron chi connectivity index (χ3n) is 6.45. The molecule has 0 bridgehead atoms. The number of hydrogen-bond donors (Lipinski definition) is 2. The first-order valence-corrected chi connectivity index (χ1v) is 13.1. The second-order valence-electron chi connectivity index (χ2n) is 9.23. The first kappa shape index (κ1) is 24.0.